The van der Waals surface area contributed by atoms with Crippen LogP contribution < -0.4 is 10.6 Å². The van der Waals surface area contributed by atoms with Crippen LogP contribution in [0.2, 0.25) is 0 Å². The summed E-state index contributed by atoms with van der Waals surface area (Å²) in [5.74, 6) is 1.51. The van der Waals surface area contributed by atoms with E-state index in [0.29, 0.717) is 5.96 Å². The third-order valence-corrected chi connectivity index (χ3v) is 4.92. The largest absolute Gasteiger partial charge is 0.369 e. The molecule has 3 nitrogen and oxygen atoms in total. The topological polar surface area (TPSA) is 41.6 Å². The van der Waals surface area contributed by atoms with Gasteiger partial charge in [0.15, 0.2) is 5.96 Å². The van der Waals surface area contributed by atoms with Gasteiger partial charge in [-0.3, -0.25) is 4.99 Å². The van der Waals surface area contributed by atoms with E-state index in [4.69, 9.17) is 5.73 Å². The van der Waals surface area contributed by atoms with Crippen LogP contribution in [0.1, 0.15) is 32.6 Å². The van der Waals surface area contributed by atoms with Crippen molar-refractivity contribution in [3.05, 3.63) is 28.7 Å². The number of anilines is 1. The Morgan fingerprint density at radius 3 is 2.63 bits per heavy atom. The molecule has 0 bridgehead atoms. The zero-order valence-corrected chi connectivity index (χ0v) is 12.9. The van der Waals surface area contributed by atoms with Gasteiger partial charge in [-0.2, -0.15) is 0 Å². The Morgan fingerprint density at radius 2 is 2.05 bits per heavy atom. The van der Waals surface area contributed by atoms with Gasteiger partial charge in [0.25, 0.3) is 0 Å². The van der Waals surface area contributed by atoms with Crippen LogP contribution >= 0.6 is 15.9 Å². The standard InChI is InChI=1S/C15H20BrN3/c1-15(9-11-3-2-4-11)10-18-14(17)19(15)13-7-5-12(16)6-8-13/h5-8,11H,2-4,9-10H2,1H3,(H2,17,18). The molecule has 0 radical (unpaired) electrons. The lowest BCUT2D eigenvalue weighted by Gasteiger charge is -2.41. The van der Waals surface area contributed by atoms with E-state index in [1.807, 2.05) is 0 Å². The van der Waals surface area contributed by atoms with Crippen molar-refractivity contribution in [1.82, 2.24) is 0 Å². The Labute approximate surface area is 123 Å². The lowest BCUT2D eigenvalue weighted by molar-refractivity contribution is 0.243. The lowest BCUT2D eigenvalue weighted by atomic mass is 9.76. The molecule has 1 aromatic carbocycles. The van der Waals surface area contributed by atoms with Gasteiger partial charge in [-0.1, -0.05) is 35.2 Å². The summed E-state index contributed by atoms with van der Waals surface area (Å²) in [6.45, 7) is 3.10. The van der Waals surface area contributed by atoms with Gasteiger partial charge >= 0.3 is 0 Å². The maximum Gasteiger partial charge on any atom is 0.196 e. The number of guanidine groups is 1. The third kappa shape index (κ3) is 2.38. The van der Waals surface area contributed by atoms with E-state index >= 15 is 0 Å². The zero-order valence-electron chi connectivity index (χ0n) is 11.3. The third-order valence-electron chi connectivity index (χ3n) is 4.39. The molecular formula is C15H20BrN3. The number of benzene rings is 1. The van der Waals surface area contributed by atoms with Crippen LogP contribution in [0.3, 0.4) is 0 Å². The molecule has 1 atom stereocenters. The summed E-state index contributed by atoms with van der Waals surface area (Å²) in [5.41, 5.74) is 7.31. The van der Waals surface area contributed by atoms with Crippen molar-refractivity contribution in [2.24, 2.45) is 16.6 Å². The zero-order chi connectivity index (χ0) is 13.5. The van der Waals surface area contributed by atoms with Crippen molar-refractivity contribution in [3.63, 3.8) is 0 Å². The molecule has 19 heavy (non-hydrogen) atoms. The van der Waals surface area contributed by atoms with E-state index in [2.05, 4.69) is 57.0 Å². The van der Waals surface area contributed by atoms with Crippen LogP contribution in [-0.4, -0.2) is 18.0 Å². The van der Waals surface area contributed by atoms with Gasteiger partial charge in [0.2, 0.25) is 0 Å². The monoisotopic (exact) mass is 321 g/mol. The van der Waals surface area contributed by atoms with Gasteiger partial charge in [0.1, 0.15) is 0 Å². The second-order valence-corrected chi connectivity index (χ2v) is 6.90. The quantitative estimate of drug-likeness (QED) is 0.925. The minimum absolute atomic E-state index is 0.0446. The van der Waals surface area contributed by atoms with E-state index in [0.717, 1.165) is 22.6 Å². The van der Waals surface area contributed by atoms with Gasteiger partial charge in [0.05, 0.1) is 12.1 Å². The molecule has 1 fully saturated rings. The Morgan fingerprint density at radius 1 is 1.37 bits per heavy atom. The van der Waals surface area contributed by atoms with Gasteiger partial charge in [0, 0.05) is 10.2 Å². The number of nitrogens with two attached hydrogens (primary N) is 1. The van der Waals surface area contributed by atoms with E-state index in [-0.39, 0.29) is 5.54 Å². The second kappa shape index (κ2) is 4.82. The van der Waals surface area contributed by atoms with Crippen LogP contribution in [-0.2, 0) is 0 Å². The fraction of sp³-hybridized carbons (Fsp3) is 0.533. The first kappa shape index (κ1) is 13.0. The maximum absolute atomic E-state index is 6.12. The number of rotatable bonds is 3. The van der Waals surface area contributed by atoms with Crippen molar-refractivity contribution in [2.45, 2.75) is 38.1 Å². The molecule has 1 aromatic rings. The molecule has 2 N–H and O–H groups in total. The predicted molar refractivity (Wildman–Crippen MR) is 83.5 cm³/mol. The molecule has 1 aliphatic heterocycles. The van der Waals surface area contributed by atoms with Crippen molar-refractivity contribution in [2.75, 3.05) is 11.4 Å². The molecule has 1 heterocycles. The van der Waals surface area contributed by atoms with E-state index < -0.39 is 0 Å². The summed E-state index contributed by atoms with van der Waals surface area (Å²) < 4.78 is 1.09. The molecule has 0 saturated heterocycles. The minimum Gasteiger partial charge on any atom is -0.369 e. The van der Waals surface area contributed by atoms with Crippen LogP contribution in [0.4, 0.5) is 5.69 Å². The molecule has 0 aromatic heterocycles. The minimum atomic E-state index is 0.0446. The first-order chi connectivity index (χ1) is 9.08. The van der Waals surface area contributed by atoms with E-state index in [1.54, 1.807) is 0 Å². The molecule has 1 saturated carbocycles. The molecular weight excluding hydrogens is 302 g/mol. The smallest absolute Gasteiger partial charge is 0.196 e. The average molecular weight is 322 g/mol. The normalized spacial score (nSPS) is 27.3. The number of aliphatic imine (C=N–C) groups is 1. The van der Waals surface area contributed by atoms with Crippen LogP contribution in [0.5, 0.6) is 0 Å². The number of nitrogens with zero attached hydrogens (tertiary/aromatic N) is 2. The Kier molecular flexibility index (Phi) is 3.29. The van der Waals surface area contributed by atoms with Crippen molar-refractivity contribution < 1.29 is 0 Å². The Bertz CT molecular complexity index is 493. The summed E-state index contributed by atoms with van der Waals surface area (Å²) in [4.78, 5) is 6.71. The summed E-state index contributed by atoms with van der Waals surface area (Å²) in [6.07, 6.45) is 5.30. The van der Waals surface area contributed by atoms with Crippen molar-refractivity contribution in [3.8, 4) is 0 Å². The van der Waals surface area contributed by atoms with Crippen molar-refractivity contribution in [1.29, 1.82) is 0 Å². The molecule has 1 unspecified atom stereocenters. The highest BCUT2D eigenvalue weighted by Gasteiger charge is 2.41. The summed E-state index contributed by atoms with van der Waals surface area (Å²) in [5, 5.41) is 0. The van der Waals surface area contributed by atoms with Crippen LogP contribution in [0.25, 0.3) is 0 Å². The predicted octanol–water partition coefficient (Wildman–Crippen LogP) is 3.53. The first-order valence-corrected chi connectivity index (χ1v) is 7.73. The average Bonchev–Trinajstić information content (AvgIpc) is 2.63. The second-order valence-electron chi connectivity index (χ2n) is 5.98. The first-order valence-electron chi connectivity index (χ1n) is 6.94. The molecule has 1 aliphatic carbocycles. The number of halogens is 1. The van der Waals surface area contributed by atoms with Crippen LogP contribution in [0, 0.1) is 5.92 Å². The lowest BCUT2D eigenvalue weighted by Crippen LogP contribution is -2.51. The molecule has 3 rings (SSSR count). The Hall–Kier alpha value is -1.03. The van der Waals surface area contributed by atoms with Gasteiger partial charge in [-0.05, 0) is 43.5 Å². The Balaban J connectivity index is 1.86. The highest BCUT2D eigenvalue weighted by Crippen LogP contribution is 2.39. The molecule has 0 amide bonds. The fourth-order valence-electron chi connectivity index (χ4n) is 3.18. The summed E-state index contributed by atoms with van der Waals surface area (Å²) >= 11 is 3.48. The van der Waals surface area contributed by atoms with Gasteiger partial charge in [-0.15, -0.1) is 0 Å². The molecule has 2 aliphatic rings. The molecule has 4 heteroatoms. The van der Waals surface area contributed by atoms with Gasteiger partial charge < -0.3 is 10.6 Å². The SMILES string of the molecule is CC1(CC2CCC2)CN=C(N)N1c1ccc(Br)cc1. The van der Waals surface area contributed by atoms with E-state index in [1.165, 1.54) is 25.7 Å². The molecule has 102 valence electrons. The maximum atomic E-state index is 6.12. The number of hydrogen-bond acceptors (Lipinski definition) is 3. The van der Waals surface area contributed by atoms with Gasteiger partial charge in [-0.25, -0.2) is 0 Å². The summed E-state index contributed by atoms with van der Waals surface area (Å²) in [7, 11) is 0. The molecule has 0 spiro atoms. The van der Waals surface area contributed by atoms with Crippen LogP contribution in [0.15, 0.2) is 33.7 Å². The number of hydrogen-bond donors (Lipinski definition) is 1. The highest BCUT2D eigenvalue weighted by molar-refractivity contribution is 9.10. The fourth-order valence-corrected chi connectivity index (χ4v) is 3.44. The summed E-state index contributed by atoms with van der Waals surface area (Å²) in [6, 6.07) is 8.34. The highest BCUT2D eigenvalue weighted by atomic mass is 79.9. The van der Waals surface area contributed by atoms with Crippen molar-refractivity contribution >= 4 is 27.6 Å². The van der Waals surface area contributed by atoms with E-state index in [9.17, 15) is 0 Å².